The predicted octanol–water partition coefficient (Wildman–Crippen LogP) is 5.26. The Bertz CT molecular complexity index is 1460. The van der Waals surface area contributed by atoms with Gasteiger partial charge in [-0.25, -0.2) is 14.4 Å². The minimum atomic E-state index is -0.899. The molecular formula is C28H27NO7. The quantitative estimate of drug-likeness (QED) is 0.156. The summed E-state index contributed by atoms with van der Waals surface area (Å²) in [6.07, 6.45) is 0.296. The molecule has 1 aromatic heterocycles. The van der Waals surface area contributed by atoms with Crippen LogP contribution in [0.3, 0.4) is 0 Å². The molecule has 0 saturated carbocycles. The van der Waals surface area contributed by atoms with Crippen LogP contribution < -0.4 is 20.4 Å². The van der Waals surface area contributed by atoms with Crippen molar-refractivity contribution in [3.8, 4) is 11.5 Å². The van der Waals surface area contributed by atoms with Crippen molar-refractivity contribution in [2.24, 2.45) is 0 Å². The Hall–Kier alpha value is -4.33. The maximum atomic E-state index is 13.0. The second kappa shape index (κ2) is 10.9. The molecule has 36 heavy (non-hydrogen) atoms. The van der Waals surface area contributed by atoms with Crippen LogP contribution in [-0.2, 0) is 16.1 Å². The molecule has 0 saturated heterocycles. The first-order valence-corrected chi connectivity index (χ1v) is 11.6. The third-order valence-corrected chi connectivity index (χ3v) is 5.87. The Kier molecular flexibility index (Phi) is 7.53. The molecule has 1 heterocycles. The van der Waals surface area contributed by atoms with E-state index in [2.05, 4.69) is 5.32 Å². The average Bonchev–Trinajstić information content (AvgIpc) is 2.89. The largest absolute Gasteiger partial charge is 0.497 e. The van der Waals surface area contributed by atoms with E-state index in [0.29, 0.717) is 45.9 Å². The molecule has 1 N–H and O–H groups in total. The number of amides is 1. The zero-order chi connectivity index (χ0) is 25.7. The Morgan fingerprint density at radius 1 is 1.00 bits per heavy atom. The molecule has 186 valence electrons. The number of methoxy groups -OCH3 is 1. The highest BCUT2D eigenvalue weighted by Crippen LogP contribution is 2.32. The lowest BCUT2D eigenvalue weighted by molar-refractivity contribution is -0.136. The van der Waals surface area contributed by atoms with Gasteiger partial charge in [0.2, 0.25) is 0 Å². The van der Waals surface area contributed by atoms with Crippen LogP contribution in [0.4, 0.5) is 4.79 Å². The fourth-order valence-electron chi connectivity index (χ4n) is 3.95. The van der Waals surface area contributed by atoms with Gasteiger partial charge in [0.1, 0.15) is 29.7 Å². The van der Waals surface area contributed by atoms with Crippen LogP contribution in [0, 0.1) is 6.92 Å². The van der Waals surface area contributed by atoms with Gasteiger partial charge in [0, 0.05) is 16.3 Å². The molecule has 0 aliphatic heterocycles. The molecule has 0 spiro atoms. The predicted molar refractivity (Wildman–Crippen MR) is 135 cm³/mol. The first-order valence-electron chi connectivity index (χ1n) is 11.6. The topological polar surface area (TPSA) is 104 Å². The van der Waals surface area contributed by atoms with Gasteiger partial charge in [-0.1, -0.05) is 43.7 Å². The normalized spacial score (nSPS) is 11.8. The second-order valence-electron chi connectivity index (χ2n) is 8.33. The van der Waals surface area contributed by atoms with Crippen molar-refractivity contribution in [2.45, 2.75) is 39.3 Å². The van der Waals surface area contributed by atoms with Crippen molar-refractivity contribution in [3.05, 3.63) is 82.2 Å². The third kappa shape index (κ3) is 5.33. The Morgan fingerprint density at radius 3 is 2.47 bits per heavy atom. The zero-order valence-electron chi connectivity index (χ0n) is 20.3. The molecule has 0 fully saturated rings. The number of aryl methyl sites for hydroxylation is 1. The molecule has 8 heteroatoms. The fourth-order valence-corrected chi connectivity index (χ4v) is 3.95. The minimum absolute atomic E-state index is 0.0865. The zero-order valence-corrected chi connectivity index (χ0v) is 20.3. The maximum Gasteiger partial charge on any atom is 0.408 e. The SMILES string of the molecule is CCC[C@@H](NC(=O)OCc1ccccc1)C(=O)Oc1ccc2c(oc(=O)c3cc(OC)ccc32)c1C. The van der Waals surface area contributed by atoms with Crippen LogP contribution in [0.5, 0.6) is 11.5 Å². The maximum absolute atomic E-state index is 13.0. The molecule has 1 atom stereocenters. The molecule has 4 aromatic rings. The van der Waals surface area contributed by atoms with Crippen LogP contribution in [0.25, 0.3) is 21.7 Å². The number of ether oxygens (including phenoxy) is 3. The van der Waals surface area contributed by atoms with E-state index in [1.54, 1.807) is 37.3 Å². The molecule has 0 unspecified atom stereocenters. The molecule has 0 bridgehead atoms. The Morgan fingerprint density at radius 2 is 1.75 bits per heavy atom. The number of fused-ring (bicyclic) bond motifs is 3. The van der Waals surface area contributed by atoms with Crippen molar-refractivity contribution >= 4 is 33.8 Å². The van der Waals surface area contributed by atoms with Gasteiger partial charge >= 0.3 is 17.7 Å². The van der Waals surface area contributed by atoms with Gasteiger partial charge in [0.05, 0.1) is 12.5 Å². The molecule has 1 amide bonds. The summed E-state index contributed by atoms with van der Waals surface area (Å²) < 4.78 is 21.7. The number of hydrogen-bond acceptors (Lipinski definition) is 7. The Balaban J connectivity index is 1.53. The van der Waals surface area contributed by atoms with Gasteiger partial charge in [0.15, 0.2) is 0 Å². The first kappa shape index (κ1) is 24.8. The van der Waals surface area contributed by atoms with Gasteiger partial charge in [-0.05, 0) is 49.2 Å². The van der Waals surface area contributed by atoms with Crippen LogP contribution in [0.2, 0.25) is 0 Å². The van der Waals surface area contributed by atoms with E-state index >= 15 is 0 Å². The Labute approximate surface area is 207 Å². The lowest BCUT2D eigenvalue weighted by Gasteiger charge is -2.18. The van der Waals surface area contributed by atoms with Crippen molar-refractivity contribution in [3.63, 3.8) is 0 Å². The molecule has 4 rings (SSSR count). The van der Waals surface area contributed by atoms with Crippen molar-refractivity contribution in [1.82, 2.24) is 5.32 Å². The van der Waals surface area contributed by atoms with Crippen molar-refractivity contribution in [2.75, 3.05) is 7.11 Å². The number of carbonyl (C=O) groups is 2. The molecule has 3 aromatic carbocycles. The van der Waals surface area contributed by atoms with Crippen molar-refractivity contribution in [1.29, 1.82) is 0 Å². The number of esters is 1. The van der Waals surface area contributed by atoms with E-state index in [1.807, 2.05) is 37.3 Å². The van der Waals surface area contributed by atoms with E-state index in [-0.39, 0.29) is 12.4 Å². The van der Waals surface area contributed by atoms with Gasteiger partial charge in [-0.15, -0.1) is 0 Å². The molecule has 0 radical (unpaired) electrons. The summed E-state index contributed by atoms with van der Waals surface area (Å²) in [5, 5.41) is 4.39. The summed E-state index contributed by atoms with van der Waals surface area (Å²) in [5.41, 5.74) is 1.14. The van der Waals surface area contributed by atoms with E-state index < -0.39 is 23.7 Å². The molecular weight excluding hydrogens is 462 g/mol. The fraction of sp³-hybridized carbons (Fsp3) is 0.250. The number of carbonyl (C=O) groups excluding carboxylic acids is 2. The monoisotopic (exact) mass is 489 g/mol. The summed E-state index contributed by atoms with van der Waals surface area (Å²) >= 11 is 0. The summed E-state index contributed by atoms with van der Waals surface area (Å²) in [5.74, 6) is 0.154. The smallest absolute Gasteiger partial charge is 0.408 e. The number of benzene rings is 3. The highest BCUT2D eigenvalue weighted by Gasteiger charge is 2.24. The van der Waals surface area contributed by atoms with Gasteiger partial charge in [-0.2, -0.15) is 0 Å². The van der Waals surface area contributed by atoms with Crippen molar-refractivity contribution < 1.29 is 28.2 Å². The average molecular weight is 490 g/mol. The lowest BCUT2D eigenvalue weighted by Crippen LogP contribution is -2.43. The van der Waals surface area contributed by atoms with Crippen LogP contribution in [0.1, 0.15) is 30.9 Å². The van der Waals surface area contributed by atoms with E-state index in [9.17, 15) is 14.4 Å². The second-order valence-corrected chi connectivity index (χ2v) is 8.33. The highest BCUT2D eigenvalue weighted by atomic mass is 16.6. The molecule has 0 aliphatic carbocycles. The lowest BCUT2D eigenvalue weighted by atomic mass is 10.0. The number of hydrogen-bond donors (Lipinski definition) is 1. The van der Waals surface area contributed by atoms with Gasteiger partial charge in [-0.3, -0.25) is 0 Å². The van der Waals surface area contributed by atoms with E-state index in [4.69, 9.17) is 18.6 Å². The third-order valence-electron chi connectivity index (χ3n) is 5.87. The van der Waals surface area contributed by atoms with E-state index in [1.165, 1.54) is 7.11 Å². The molecule has 8 nitrogen and oxygen atoms in total. The number of rotatable bonds is 8. The summed E-state index contributed by atoms with van der Waals surface area (Å²) in [6, 6.07) is 16.9. The summed E-state index contributed by atoms with van der Waals surface area (Å²) in [7, 11) is 1.53. The highest BCUT2D eigenvalue weighted by molar-refractivity contribution is 6.06. The minimum Gasteiger partial charge on any atom is -0.497 e. The number of alkyl carbamates (subject to hydrolysis) is 1. The van der Waals surface area contributed by atoms with Gasteiger partial charge in [0.25, 0.3) is 0 Å². The van der Waals surface area contributed by atoms with Crippen LogP contribution in [-0.4, -0.2) is 25.2 Å². The van der Waals surface area contributed by atoms with Gasteiger partial charge < -0.3 is 23.9 Å². The summed E-state index contributed by atoms with van der Waals surface area (Å²) in [6.45, 7) is 3.69. The molecule has 0 aliphatic rings. The number of nitrogens with one attached hydrogen (secondary N) is 1. The standard InChI is InChI=1S/C28H27NO7/c1-4-8-23(29-28(32)34-16-18-9-6-5-7-10-18)27(31)35-24-14-13-21-20-12-11-19(33-3)15-22(20)26(30)36-25(21)17(24)2/h5-7,9-15,23H,4,8,16H2,1-3H3,(H,29,32)/t23-/m1/s1. The van der Waals surface area contributed by atoms with E-state index in [0.717, 1.165) is 5.56 Å². The van der Waals surface area contributed by atoms with Crippen LogP contribution in [0.15, 0.2) is 69.9 Å². The first-order chi connectivity index (χ1) is 17.4. The summed E-state index contributed by atoms with van der Waals surface area (Å²) in [4.78, 5) is 37.9. The van der Waals surface area contributed by atoms with Crippen LogP contribution >= 0.6 is 0 Å².